The fraction of sp³-hybridized carbons (Fsp3) is 0.167. The fourth-order valence-electron chi connectivity index (χ4n) is 1.30. The summed E-state index contributed by atoms with van der Waals surface area (Å²) in [4.78, 5) is 9.37. The van der Waals surface area contributed by atoms with E-state index >= 15 is 0 Å². The van der Waals surface area contributed by atoms with Gasteiger partial charge in [-0.15, -0.1) is 0 Å². The van der Waals surface area contributed by atoms with E-state index in [0.717, 1.165) is 15.5 Å². The molecule has 1 aromatic heterocycles. The van der Waals surface area contributed by atoms with Crippen molar-refractivity contribution in [2.24, 2.45) is 5.73 Å². The van der Waals surface area contributed by atoms with Gasteiger partial charge in [0.15, 0.2) is 0 Å². The summed E-state index contributed by atoms with van der Waals surface area (Å²) >= 11 is 1.59. The van der Waals surface area contributed by atoms with Crippen LogP contribution in [0.15, 0.2) is 52.8 Å². The molecule has 1 atom stereocenters. The molecule has 2 aromatic rings. The number of nitrogens with zero attached hydrogens (tertiary/aromatic N) is 2. The first-order valence-corrected chi connectivity index (χ1v) is 5.87. The molecule has 0 bridgehead atoms. The summed E-state index contributed by atoms with van der Waals surface area (Å²) < 4.78 is 0. The Labute approximate surface area is 99.1 Å². The van der Waals surface area contributed by atoms with Crippen molar-refractivity contribution >= 4 is 11.8 Å². The Hall–Kier alpha value is -1.39. The Morgan fingerprint density at radius 1 is 1.19 bits per heavy atom. The zero-order valence-electron chi connectivity index (χ0n) is 9.00. The molecule has 1 unspecified atom stereocenters. The second-order valence-electron chi connectivity index (χ2n) is 3.50. The molecule has 0 saturated heterocycles. The first-order chi connectivity index (χ1) is 7.75. The molecule has 1 aromatic carbocycles. The SMILES string of the molecule is CC(N)c1ccc(Sc2cnccn2)cc1. The third kappa shape index (κ3) is 2.81. The van der Waals surface area contributed by atoms with Crippen molar-refractivity contribution in [2.45, 2.75) is 22.9 Å². The monoisotopic (exact) mass is 231 g/mol. The summed E-state index contributed by atoms with van der Waals surface area (Å²) in [5.41, 5.74) is 6.93. The van der Waals surface area contributed by atoms with Gasteiger partial charge >= 0.3 is 0 Å². The second-order valence-corrected chi connectivity index (χ2v) is 4.60. The largest absolute Gasteiger partial charge is 0.324 e. The molecule has 0 saturated carbocycles. The summed E-state index contributed by atoms with van der Waals surface area (Å²) in [6, 6.07) is 8.28. The van der Waals surface area contributed by atoms with Crippen LogP contribution in [-0.4, -0.2) is 9.97 Å². The topological polar surface area (TPSA) is 51.8 Å². The first kappa shape index (κ1) is 11.1. The van der Waals surface area contributed by atoms with Gasteiger partial charge in [0.2, 0.25) is 0 Å². The van der Waals surface area contributed by atoms with E-state index < -0.39 is 0 Å². The molecule has 1 heterocycles. The smallest absolute Gasteiger partial charge is 0.119 e. The van der Waals surface area contributed by atoms with Crippen molar-refractivity contribution in [3.63, 3.8) is 0 Å². The Morgan fingerprint density at radius 3 is 2.50 bits per heavy atom. The van der Waals surface area contributed by atoms with Gasteiger partial charge in [-0.25, -0.2) is 4.98 Å². The van der Waals surface area contributed by atoms with Crippen molar-refractivity contribution in [3.8, 4) is 0 Å². The molecule has 0 aliphatic carbocycles. The number of hydrogen-bond acceptors (Lipinski definition) is 4. The van der Waals surface area contributed by atoms with E-state index in [-0.39, 0.29) is 6.04 Å². The normalized spacial score (nSPS) is 12.4. The van der Waals surface area contributed by atoms with Gasteiger partial charge < -0.3 is 5.73 Å². The van der Waals surface area contributed by atoms with Crippen molar-refractivity contribution in [3.05, 3.63) is 48.4 Å². The maximum absolute atomic E-state index is 5.79. The third-order valence-electron chi connectivity index (χ3n) is 2.17. The van der Waals surface area contributed by atoms with Crippen molar-refractivity contribution in [1.29, 1.82) is 0 Å². The van der Waals surface area contributed by atoms with Crippen LogP contribution in [0.1, 0.15) is 18.5 Å². The number of hydrogen-bond donors (Lipinski definition) is 1. The van der Waals surface area contributed by atoms with E-state index in [2.05, 4.69) is 22.1 Å². The predicted molar refractivity (Wildman–Crippen MR) is 65.2 cm³/mol. The van der Waals surface area contributed by atoms with Gasteiger partial charge in [0.05, 0.1) is 6.20 Å². The van der Waals surface area contributed by atoms with E-state index in [4.69, 9.17) is 5.73 Å². The molecular formula is C12H13N3S. The molecule has 2 rings (SSSR count). The van der Waals surface area contributed by atoms with Crippen LogP contribution in [-0.2, 0) is 0 Å². The van der Waals surface area contributed by atoms with E-state index in [0.29, 0.717) is 0 Å². The van der Waals surface area contributed by atoms with Crippen LogP contribution in [0.25, 0.3) is 0 Å². The minimum Gasteiger partial charge on any atom is -0.324 e. The summed E-state index contributed by atoms with van der Waals surface area (Å²) in [5.74, 6) is 0. The van der Waals surface area contributed by atoms with Gasteiger partial charge in [-0.3, -0.25) is 4.98 Å². The summed E-state index contributed by atoms with van der Waals surface area (Å²) in [6.45, 7) is 1.98. The molecule has 4 heteroatoms. The molecule has 0 spiro atoms. The highest BCUT2D eigenvalue weighted by Gasteiger charge is 2.01. The van der Waals surface area contributed by atoms with Crippen LogP contribution in [0.5, 0.6) is 0 Å². The second kappa shape index (κ2) is 5.09. The van der Waals surface area contributed by atoms with Crippen LogP contribution in [0.4, 0.5) is 0 Å². The minimum atomic E-state index is 0.0792. The van der Waals surface area contributed by atoms with Crippen LogP contribution in [0.3, 0.4) is 0 Å². The Bertz CT molecular complexity index is 440. The van der Waals surface area contributed by atoms with Crippen molar-refractivity contribution < 1.29 is 0 Å². The van der Waals surface area contributed by atoms with Gasteiger partial charge in [0.25, 0.3) is 0 Å². The molecule has 0 amide bonds. The quantitative estimate of drug-likeness (QED) is 0.882. The highest BCUT2D eigenvalue weighted by molar-refractivity contribution is 7.99. The fourth-order valence-corrected chi connectivity index (χ4v) is 2.04. The molecule has 0 aliphatic rings. The van der Waals surface area contributed by atoms with E-state index in [1.807, 2.05) is 19.1 Å². The molecule has 16 heavy (non-hydrogen) atoms. The zero-order valence-corrected chi connectivity index (χ0v) is 9.82. The van der Waals surface area contributed by atoms with Crippen LogP contribution in [0.2, 0.25) is 0 Å². The molecule has 0 radical (unpaired) electrons. The summed E-state index contributed by atoms with van der Waals surface area (Å²) in [5, 5.41) is 0.899. The van der Waals surface area contributed by atoms with Crippen LogP contribution < -0.4 is 5.73 Å². The lowest BCUT2D eigenvalue weighted by Crippen LogP contribution is -2.04. The first-order valence-electron chi connectivity index (χ1n) is 5.05. The number of aromatic nitrogens is 2. The number of nitrogens with two attached hydrogens (primary N) is 1. The molecule has 82 valence electrons. The highest BCUT2D eigenvalue weighted by Crippen LogP contribution is 2.25. The third-order valence-corrected chi connectivity index (χ3v) is 3.10. The maximum atomic E-state index is 5.79. The lowest BCUT2D eigenvalue weighted by atomic mass is 10.1. The molecule has 0 fully saturated rings. The Kier molecular flexibility index (Phi) is 3.54. The van der Waals surface area contributed by atoms with Gasteiger partial charge in [0, 0.05) is 23.3 Å². The molecule has 0 aliphatic heterocycles. The minimum absolute atomic E-state index is 0.0792. The van der Waals surface area contributed by atoms with E-state index in [1.54, 1.807) is 30.4 Å². The van der Waals surface area contributed by atoms with Gasteiger partial charge in [-0.2, -0.15) is 0 Å². The average molecular weight is 231 g/mol. The number of benzene rings is 1. The summed E-state index contributed by atoms with van der Waals surface area (Å²) in [6.07, 6.45) is 5.12. The van der Waals surface area contributed by atoms with E-state index in [1.165, 1.54) is 0 Å². The van der Waals surface area contributed by atoms with Gasteiger partial charge in [0.1, 0.15) is 5.03 Å². The van der Waals surface area contributed by atoms with Crippen LogP contribution in [0, 0.1) is 0 Å². The lowest BCUT2D eigenvalue weighted by molar-refractivity contribution is 0.817. The standard InChI is InChI=1S/C12H13N3S/c1-9(13)10-2-4-11(5-3-10)16-12-8-14-6-7-15-12/h2-9H,13H2,1H3. The zero-order chi connectivity index (χ0) is 11.4. The van der Waals surface area contributed by atoms with Crippen molar-refractivity contribution in [1.82, 2.24) is 9.97 Å². The predicted octanol–water partition coefficient (Wildman–Crippen LogP) is 2.65. The van der Waals surface area contributed by atoms with E-state index in [9.17, 15) is 0 Å². The molecule has 2 N–H and O–H groups in total. The molecular weight excluding hydrogens is 218 g/mol. The maximum Gasteiger partial charge on any atom is 0.119 e. The van der Waals surface area contributed by atoms with Gasteiger partial charge in [-0.05, 0) is 24.6 Å². The lowest BCUT2D eigenvalue weighted by Gasteiger charge is -2.06. The summed E-state index contributed by atoms with van der Waals surface area (Å²) in [7, 11) is 0. The number of rotatable bonds is 3. The van der Waals surface area contributed by atoms with Crippen molar-refractivity contribution in [2.75, 3.05) is 0 Å². The average Bonchev–Trinajstić information content (AvgIpc) is 2.31. The Morgan fingerprint density at radius 2 is 1.94 bits per heavy atom. The Balaban J connectivity index is 2.11. The van der Waals surface area contributed by atoms with Crippen LogP contribution >= 0.6 is 11.8 Å². The molecule has 3 nitrogen and oxygen atoms in total. The van der Waals surface area contributed by atoms with Gasteiger partial charge in [-0.1, -0.05) is 23.9 Å². The highest BCUT2D eigenvalue weighted by atomic mass is 32.2.